The maximum Gasteiger partial charge on any atom is 0.345 e. The molecule has 2 aromatic carbocycles. The standard InChI is InChI=1S/C18H20O3/c1-3-14-8-4-5-9-15(14)12-17(18(19)20)21-16-10-6-7-13(2)11-16/h4-11,17H,3,12H2,1-2H3,(H,19,20). The van der Waals surface area contributed by atoms with Gasteiger partial charge in [0.2, 0.25) is 0 Å². The number of benzene rings is 2. The number of carboxylic acids is 1. The number of ether oxygens (including phenoxy) is 1. The second kappa shape index (κ2) is 6.93. The highest BCUT2D eigenvalue weighted by atomic mass is 16.5. The molecule has 1 N–H and O–H groups in total. The fourth-order valence-corrected chi connectivity index (χ4v) is 2.33. The van der Waals surface area contributed by atoms with Crippen molar-refractivity contribution in [3.8, 4) is 5.75 Å². The first-order valence-electron chi connectivity index (χ1n) is 7.13. The Balaban J connectivity index is 2.18. The summed E-state index contributed by atoms with van der Waals surface area (Å²) in [5, 5.41) is 9.40. The lowest BCUT2D eigenvalue weighted by Gasteiger charge is -2.17. The average molecular weight is 284 g/mol. The molecule has 3 nitrogen and oxygen atoms in total. The third kappa shape index (κ3) is 4.09. The van der Waals surface area contributed by atoms with Crippen molar-refractivity contribution in [2.75, 3.05) is 0 Å². The second-order valence-electron chi connectivity index (χ2n) is 5.09. The van der Waals surface area contributed by atoms with Gasteiger partial charge in [-0.2, -0.15) is 0 Å². The van der Waals surface area contributed by atoms with Crippen molar-refractivity contribution in [1.82, 2.24) is 0 Å². The topological polar surface area (TPSA) is 46.5 Å². The van der Waals surface area contributed by atoms with E-state index in [2.05, 4.69) is 6.92 Å². The quantitative estimate of drug-likeness (QED) is 0.881. The molecule has 1 unspecified atom stereocenters. The van der Waals surface area contributed by atoms with Gasteiger partial charge in [-0.1, -0.05) is 43.3 Å². The second-order valence-corrected chi connectivity index (χ2v) is 5.09. The van der Waals surface area contributed by atoms with Gasteiger partial charge in [-0.05, 0) is 42.2 Å². The van der Waals surface area contributed by atoms with Crippen LogP contribution >= 0.6 is 0 Å². The number of aliphatic carboxylic acids is 1. The zero-order valence-corrected chi connectivity index (χ0v) is 12.4. The SMILES string of the molecule is CCc1ccccc1CC(Oc1cccc(C)c1)C(=O)O. The Morgan fingerprint density at radius 2 is 1.86 bits per heavy atom. The Morgan fingerprint density at radius 1 is 1.14 bits per heavy atom. The van der Waals surface area contributed by atoms with E-state index in [0.29, 0.717) is 12.2 Å². The highest BCUT2D eigenvalue weighted by molar-refractivity contribution is 5.73. The summed E-state index contributed by atoms with van der Waals surface area (Å²) < 4.78 is 5.66. The van der Waals surface area contributed by atoms with Gasteiger partial charge < -0.3 is 9.84 Å². The molecular weight excluding hydrogens is 264 g/mol. The molecule has 1 atom stereocenters. The molecule has 0 spiro atoms. The van der Waals surface area contributed by atoms with Gasteiger partial charge in [0.15, 0.2) is 6.10 Å². The van der Waals surface area contributed by atoms with Gasteiger partial charge in [-0.3, -0.25) is 0 Å². The molecular formula is C18H20O3. The van der Waals surface area contributed by atoms with E-state index in [1.165, 1.54) is 0 Å². The number of hydrogen-bond donors (Lipinski definition) is 1. The maximum atomic E-state index is 11.5. The van der Waals surface area contributed by atoms with Crippen molar-refractivity contribution in [2.45, 2.75) is 32.8 Å². The van der Waals surface area contributed by atoms with Gasteiger partial charge >= 0.3 is 5.97 Å². The Bertz CT molecular complexity index is 619. The minimum Gasteiger partial charge on any atom is -0.478 e. The van der Waals surface area contributed by atoms with E-state index in [9.17, 15) is 9.90 Å². The molecule has 3 heteroatoms. The number of rotatable bonds is 6. The van der Waals surface area contributed by atoms with Crippen LogP contribution in [-0.4, -0.2) is 17.2 Å². The minimum atomic E-state index is -0.942. The summed E-state index contributed by atoms with van der Waals surface area (Å²) in [6.07, 6.45) is 0.375. The summed E-state index contributed by atoms with van der Waals surface area (Å²) in [5.41, 5.74) is 3.24. The molecule has 0 aromatic heterocycles. The van der Waals surface area contributed by atoms with Crippen molar-refractivity contribution in [1.29, 1.82) is 0 Å². The molecule has 0 bridgehead atoms. The molecule has 21 heavy (non-hydrogen) atoms. The van der Waals surface area contributed by atoms with Crippen LogP contribution in [0.3, 0.4) is 0 Å². The Hall–Kier alpha value is -2.29. The number of hydrogen-bond acceptors (Lipinski definition) is 2. The summed E-state index contributed by atoms with van der Waals surface area (Å²) in [5.74, 6) is -0.348. The first kappa shape index (κ1) is 15.1. The fraction of sp³-hybridized carbons (Fsp3) is 0.278. The van der Waals surface area contributed by atoms with Crippen molar-refractivity contribution >= 4 is 5.97 Å². The lowest BCUT2D eigenvalue weighted by atomic mass is 10.00. The zero-order chi connectivity index (χ0) is 15.2. The molecule has 110 valence electrons. The molecule has 0 amide bonds. The number of carbonyl (C=O) groups is 1. The van der Waals surface area contributed by atoms with Crippen LogP contribution in [0.5, 0.6) is 5.75 Å². The molecule has 0 fully saturated rings. The van der Waals surface area contributed by atoms with Gasteiger partial charge in [0, 0.05) is 6.42 Å². The predicted molar refractivity (Wildman–Crippen MR) is 82.8 cm³/mol. The molecule has 2 aromatic rings. The van der Waals surface area contributed by atoms with E-state index in [0.717, 1.165) is 23.1 Å². The van der Waals surface area contributed by atoms with Crippen LogP contribution in [-0.2, 0) is 17.6 Å². The van der Waals surface area contributed by atoms with E-state index in [4.69, 9.17) is 4.74 Å². The fourth-order valence-electron chi connectivity index (χ4n) is 2.33. The minimum absolute atomic E-state index is 0.368. The molecule has 0 aliphatic carbocycles. The van der Waals surface area contributed by atoms with Crippen molar-refractivity contribution in [3.63, 3.8) is 0 Å². The molecule has 0 saturated heterocycles. The summed E-state index contributed by atoms with van der Waals surface area (Å²) in [7, 11) is 0. The summed E-state index contributed by atoms with van der Waals surface area (Å²) in [6.45, 7) is 4.02. The van der Waals surface area contributed by atoms with E-state index in [1.807, 2.05) is 49.4 Å². The summed E-state index contributed by atoms with van der Waals surface area (Å²) >= 11 is 0. The van der Waals surface area contributed by atoms with E-state index < -0.39 is 12.1 Å². The Morgan fingerprint density at radius 3 is 2.48 bits per heavy atom. The van der Waals surface area contributed by atoms with Gasteiger partial charge in [0.25, 0.3) is 0 Å². The molecule has 0 aliphatic rings. The van der Waals surface area contributed by atoms with Gasteiger partial charge in [-0.15, -0.1) is 0 Å². The van der Waals surface area contributed by atoms with Crippen LogP contribution < -0.4 is 4.74 Å². The van der Waals surface area contributed by atoms with E-state index >= 15 is 0 Å². The van der Waals surface area contributed by atoms with Crippen LogP contribution in [0.1, 0.15) is 23.6 Å². The Labute approximate surface area is 125 Å². The molecule has 0 radical (unpaired) electrons. The average Bonchev–Trinajstić information content (AvgIpc) is 2.47. The Kier molecular flexibility index (Phi) is 4.99. The third-order valence-electron chi connectivity index (χ3n) is 3.45. The van der Waals surface area contributed by atoms with E-state index in [-0.39, 0.29) is 0 Å². The van der Waals surface area contributed by atoms with Crippen LogP contribution in [0.4, 0.5) is 0 Å². The van der Waals surface area contributed by atoms with E-state index in [1.54, 1.807) is 6.07 Å². The highest BCUT2D eigenvalue weighted by Gasteiger charge is 2.21. The van der Waals surface area contributed by atoms with Crippen LogP contribution in [0, 0.1) is 6.92 Å². The van der Waals surface area contributed by atoms with Crippen LogP contribution in [0.15, 0.2) is 48.5 Å². The van der Waals surface area contributed by atoms with Gasteiger partial charge in [0.1, 0.15) is 5.75 Å². The molecule has 0 heterocycles. The maximum absolute atomic E-state index is 11.5. The van der Waals surface area contributed by atoms with Gasteiger partial charge in [0.05, 0.1) is 0 Å². The lowest BCUT2D eigenvalue weighted by Crippen LogP contribution is -2.29. The molecule has 2 rings (SSSR count). The smallest absolute Gasteiger partial charge is 0.345 e. The largest absolute Gasteiger partial charge is 0.478 e. The van der Waals surface area contributed by atoms with Crippen molar-refractivity contribution in [2.24, 2.45) is 0 Å². The zero-order valence-electron chi connectivity index (χ0n) is 12.4. The third-order valence-corrected chi connectivity index (χ3v) is 3.45. The van der Waals surface area contributed by atoms with Crippen molar-refractivity contribution in [3.05, 3.63) is 65.2 Å². The first-order chi connectivity index (χ1) is 10.1. The van der Waals surface area contributed by atoms with Crippen molar-refractivity contribution < 1.29 is 14.6 Å². The van der Waals surface area contributed by atoms with Crippen LogP contribution in [0.25, 0.3) is 0 Å². The highest BCUT2D eigenvalue weighted by Crippen LogP contribution is 2.18. The molecule has 0 saturated carbocycles. The number of carboxylic acid groups (broad SMARTS) is 1. The van der Waals surface area contributed by atoms with Gasteiger partial charge in [-0.25, -0.2) is 4.79 Å². The number of aryl methyl sites for hydroxylation is 2. The summed E-state index contributed by atoms with van der Waals surface area (Å²) in [6, 6.07) is 15.4. The lowest BCUT2D eigenvalue weighted by molar-refractivity contribution is -0.145. The predicted octanol–water partition coefficient (Wildman–Crippen LogP) is 3.63. The first-order valence-corrected chi connectivity index (χ1v) is 7.13. The molecule has 0 aliphatic heterocycles. The monoisotopic (exact) mass is 284 g/mol. The van der Waals surface area contributed by atoms with Crippen LogP contribution in [0.2, 0.25) is 0 Å². The summed E-state index contributed by atoms with van der Waals surface area (Å²) in [4.78, 5) is 11.5. The normalized spacial score (nSPS) is 11.9.